The molecule has 128 valence electrons. The summed E-state index contributed by atoms with van der Waals surface area (Å²) in [6, 6.07) is 5.05. The molecule has 7 heteroatoms. The van der Waals surface area contributed by atoms with Crippen molar-refractivity contribution >= 4 is 0 Å². The lowest BCUT2D eigenvalue weighted by Gasteiger charge is -2.57. The highest BCUT2D eigenvalue weighted by Crippen LogP contribution is 2.34. The molecule has 0 aromatic carbocycles. The fourth-order valence-corrected chi connectivity index (χ4v) is 3.36. The molecule has 3 fully saturated rings. The van der Waals surface area contributed by atoms with E-state index in [0.717, 1.165) is 25.2 Å². The van der Waals surface area contributed by atoms with Crippen molar-refractivity contribution in [1.29, 1.82) is 0 Å². The van der Waals surface area contributed by atoms with E-state index in [0.29, 0.717) is 18.1 Å². The van der Waals surface area contributed by atoms with Crippen molar-refractivity contribution < 1.29 is 17.9 Å². The predicted octanol–water partition coefficient (Wildman–Crippen LogP) is 2.69. The number of aromatic nitrogens is 1. The summed E-state index contributed by atoms with van der Waals surface area (Å²) in [6.07, 6.45) is -1.49. The Morgan fingerprint density at radius 3 is 2.48 bits per heavy atom. The minimum absolute atomic E-state index is 0.0147. The van der Waals surface area contributed by atoms with Gasteiger partial charge in [-0.25, -0.2) is 4.98 Å². The first kappa shape index (κ1) is 16.5. The Morgan fingerprint density at radius 1 is 1.26 bits per heavy atom. The summed E-state index contributed by atoms with van der Waals surface area (Å²) < 4.78 is 40.9. The highest BCUT2D eigenvalue weighted by molar-refractivity contribution is 5.19. The van der Waals surface area contributed by atoms with Gasteiger partial charge in [0.15, 0.2) is 6.61 Å². The maximum absolute atomic E-state index is 12.1. The van der Waals surface area contributed by atoms with Crippen LogP contribution in [0.5, 0.6) is 5.88 Å². The summed E-state index contributed by atoms with van der Waals surface area (Å²) in [5.41, 5.74) is 1.01. The molecule has 1 aromatic rings. The molecule has 23 heavy (non-hydrogen) atoms. The van der Waals surface area contributed by atoms with Crippen molar-refractivity contribution in [2.45, 2.75) is 51.1 Å². The van der Waals surface area contributed by atoms with Crippen LogP contribution in [0.25, 0.3) is 0 Å². The van der Waals surface area contributed by atoms with Crippen LogP contribution in [-0.2, 0) is 6.54 Å². The number of halogens is 3. The lowest BCUT2D eigenvalue weighted by atomic mass is 9.86. The van der Waals surface area contributed by atoms with Crippen molar-refractivity contribution in [3.8, 4) is 5.88 Å². The zero-order valence-electron chi connectivity index (χ0n) is 13.4. The van der Waals surface area contributed by atoms with E-state index in [1.54, 1.807) is 12.3 Å². The summed E-state index contributed by atoms with van der Waals surface area (Å²) in [5, 5.41) is 0. The number of fused-ring (bicyclic) bond motifs is 2. The van der Waals surface area contributed by atoms with E-state index < -0.39 is 12.8 Å². The average Bonchev–Trinajstić information content (AvgIpc) is 2.51. The van der Waals surface area contributed by atoms with E-state index in [4.69, 9.17) is 0 Å². The summed E-state index contributed by atoms with van der Waals surface area (Å²) in [7, 11) is 0. The minimum Gasteiger partial charge on any atom is -0.468 e. The Labute approximate surface area is 134 Å². The van der Waals surface area contributed by atoms with Gasteiger partial charge in [-0.2, -0.15) is 13.2 Å². The van der Waals surface area contributed by atoms with Gasteiger partial charge >= 0.3 is 6.18 Å². The molecule has 3 saturated heterocycles. The molecule has 2 atom stereocenters. The number of piperazine rings is 1. The van der Waals surface area contributed by atoms with E-state index in [1.165, 1.54) is 12.5 Å². The van der Waals surface area contributed by atoms with Crippen molar-refractivity contribution in [3.05, 3.63) is 23.9 Å². The number of ether oxygens (including phenoxy) is 1. The molecule has 3 aliphatic rings. The molecule has 0 radical (unpaired) electrons. The standard InChI is InChI=1S/C16H22F3N3O/c1-11(2)21-8-13-5-14(9-21)22(13)7-12-3-4-15(20-6-12)23-10-16(17,18)19/h3-4,6,11,13-14H,5,7-10H2,1-2H3. The molecule has 4 nitrogen and oxygen atoms in total. The quantitative estimate of drug-likeness (QED) is 0.830. The molecular weight excluding hydrogens is 307 g/mol. The second-order valence-electron chi connectivity index (χ2n) is 6.67. The van der Waals surface area contributed by atoms with Gasteiger partial charge in [0.2, 0.25) is 5.88 Å². The number of hydrogen-bond donors (Lipinski definition) is 0. The molecule has 4 rings (SSSR count). The van der Waals surface area contributed by atoms with Crippen LogP contribution >= 0.6 is 0 Å². The molecule has 0 N–H and O–H groups in total. The normalized spacial score (nSPS) is 25.5. The molecule has 0 saturated carbocycles. The molecule has 4 heterocycles. The fourth-order valence-electron chi connectivity index (χ4n) is 3.36. The van der Waals surface area contributed by atoms with Gasteiger partial charge in [0.1, 0.15) is 0 Å². The SMILES string of the molecule is CC(C)N1CC2CC(C1)N2Cc1ccc(OCC(F)(F)F)nc1. The Kier molecular flexibility index (Phi) is 4.51. The maximum atomic E-state index is 12.1. The van der Waals surface area contributed by atoms with Gasteiger partial charge in [0.25, 0.3) is 0 Å². The monoisotopic (exact) mass is 329 g/mol. The van der Waals surface area contributed by atoms with Gasteiger partial charge in [0.05, 0.1) is 0 Å². The van der Waals surface area contributed by atoms with Crippen LogP contribution in [0.3, 0.4) is 0 Å². The topological polar surface area (TPSA) is 28.6 Å². The van der Waals surface area contributed by atoms with Crippen LogP contribution in [0.15, 0.2) is 18.3 Å². The van der Waals surface area contributed by atoms with Crippen LogP contribution in [0.4, 0.5) is 13.2 Å². The summed E-state index contributed by atoms with van der Waals surface area (Å²) in [4.78, 5) is 8.94. The van der Waals surface area contributed by atoms with Gasteiger partial charge in [-0.1, -0.05) is 6.07 Å². The molecule has 0 amide bonds. The van der Waals surface area contributed by atoms with Crippen molar-refractivity contribution in [2.24, 2.45) is 0 Å². The molecule has 0 spiro atoms. The Hall–Kier alpha value is -1.34. The minimum atomic E-state index is -4.34. The average molecular weight is 329 g/mol. The second-order valence-corrected chi connectivity index (χ2v) is 6.67. The lowest BCUT2D eigenvalue weighted by Crippen LogP contribution is -2.68. The van der Waals surface area contributed by atoms with Crippen molar-refractivity contribution in [3.63, 3.8) is 0 Å². The third-order valence-corrected chi connectivity index (χ3v) is 4.65. The Morgan fingerprint density at radius 2 is 1.96 bits per heavy atom. The van der Waals surface area contributed by atoms with Gasteiger partial charge in [0, 0.05) is 50.0 Å². The van der Waals surface area contributed by atoms with Crippen molar-refractivity contribution in [1.82, 2.24) is 14.8 Å². The highest BCUT2D eigenvalue weighted by Gasteiger charge is 2.44. The first-order chi connectivity index (χ1) is 10.8. The van der Waals surface area contributed by atoms with Crippen LogP contribution in [0.2, 0.25) is 0 Å². The maximum Gasteiger partial charge on any atom is 0.422 e. The van der Waals surface area contributed by atoms with E-state index in [1.807, 2.05) is 0 Å². The van der Waals surface area contributed by atoms with Gasteiger partial charge < -0.3 is 4.74 Å². The van der Waals surface area contributed by atoms with Crippen molar-refractivity contribution in [2.75, 3.05) is 19.7 Å². The van der Waals surface area contributed by atoms with Crippen LogP contribution < -0.4 is 4.74 Å². The zero-order chi connectivity index (χ0) is 16.6. The summed E-state index contributed by atoms with van der Waals surface area (Å²) >= 11 is 0. The number of hydrogen-bond acceptors (Lipinski definition) is 4. The molecule has 0 aliphatic carbocycles. The lowest BCUT2D eigenvalue weighted by molar-refractivity contribution is -0.154. The van der Waals surface area contributed by atoms with Gasteiger partial charge in [-0.05, 0) is 25.8 Å². The smallest absolute Gasteiger partial charge is 0.422 e. The zero-order valence-corrected chi connectivity index (χ0v) is 13.4. The first-order valence-corrected chi connectivity index (χ1v) is 7.96. The molecule has 2 bridgehead atoms. The second kappa shape index (κ2) is 6.28. The van der Waals surface area contributed by atoms with Crippen LogP contribution in [0.1, 0.15) is 25.8 Å². The molecular formula is C16H22F3N3O. The fraction of sp³-hybridized carbons (Fsp3) is 0.688. The van der Waals surface area contributed by atoms with E-state index >= 15 is 0 Å². The number of rotatable bonds is 5. The Balaban J connectivity index is 1.52. The van der Waals surface area contributed by atoms with E-state index in [9.17, 15) is 13.2 Å². The summed E-state index contributed by atoms with van der Waals surface area (Å²) in [6.45, 7) is 6.12. The molecule has 1 aromatic heterocycles. The molecule has 3 aliphatic heterocycles. The number of piperidine rings is 1. The van der Waals surface area contributed by atoms with Crippen LogP contribution in [0, 0.1) is 0 Å². The van der Waals surface area contributed by atoms with E-state index in [-0.39, 0.29) is 5.88 Å². The third-order valence-electron chi connectivity index (χ3n) is 4.65. The number of pyridine rings is 1. The number of alkyl halides is 3. The molecule has 2 unspecified atom stereocenters. The first-order valence-electron chi connectivity index (χ1n) is 7.96. The van der Waals surface area contributed by atoms with Gasteiger partial charge in [-0.3, -0.25) is 9.80 Å². The summed E-state index contributed by atoms with van der Waals surface area (Å²) in [5.74, 6) is 0.0147. The van der Waals surface area contributed by atoms with Crippen LogP contribution in [-0.4, -0.2) is 58.8 Å². The highest BCUT2D eigenvalue weighted by atomic mass is 19.4. The largest absolute Gasteiger partial charge is 0.468 e. The Bertz CT molecular complexity index is 520. The predicted molar refractivity (Wildman–Crippen MR) is 80.2 cm³/mol. The third kappa shape index (κ3) is 3.95. The van der Waals surface area contributed by atoms with Gasteiger partial charge in [-0.15, -0.1) is 0 Å². The van der Waals surface area contributed by atoms with E-state index in [2.05, 4.69) is 33.4 Å². The number of nitrogens with zero attached hydrogens (tertiary/aromatic N) is 3.